The Bertz CT molecular complexity index is 412. The van der Waals surface area contributed by atoms with Gasteiger partial charge >= 0.3 is 5.97 Å². The lowest BCUT2D eigenvalue weighted by molar-refractivity contribution is -0.141. The average Bonchev–Trinajstić information content (AvgIpc) is 2.38. The minimum Gasteiger partial charge on any atom is -0.467 e. The van der Waals surface area contributed by atoms with Crippen LogP contribution in [0, 0.1) is 0 Å². The quantitative estimate of drug-likeness (QED) is 0.791. The fraction of sp³-hybridized carbons (Fsp3) is 0.462. The van der Waals surface area contributed by atoms with Crippen molar-refractivity contribution in [1.29, 1.82) is 0 Å². The molecule has 0 fully saturated rings. The smallest absolute Gasteiger partial charge is 0.328 e. The van der Waals surface area contributed by atoms with Crippen LogP contribution in [-0.4, -0.2) is 19.1 Å². The number of ether oxygens (including phenoxy) is 1. The molecule has 1 unspecified atom stereocenters. The number of halogens is 2. The summed E-state index contributed by atoms with van der Waals surface area (Å²) in [6.07, 6.45) is 2.74. The van der Waals surface area contributed by atoms with Gasteiger partial charge in [-0.2, -0.15) is 0 Å². The second kappa shape index (κ2) is 7.64. The van der Waals surface area contributed by atoms with Gasteiger partial charge in [-0.1, -0.05) is 37.4 Å². The molecule has 1 rings (SSSR count). The molecule has 0 aliphatic rings. The summed E-state index contributed by atoms with van der Waals surface area (Å²) >= 11 is 9.41. The summed E-state index contributed by atoms with van der Waals surface area (Å²) in [4.78, 5) is 11.7. The van der Waals surface area contributed by atoms with E-state index in [1.54, 1.807) is 6.07 Å². The van der Waals surface area contributed by atoms with Crippen LogP contribution in [0.2, 0.25) is 5.02 Å². The lowest BCUT2D eigenvalue weighted by atomic mass is 10.1. The van der Waals surface area contributed by atoms with Crippen molar-refractivity contribution < 1.29 is 9.53 Å². The molecule has 0 bridgehead atoms. The standard InChI is InChI=1S/C13H17BrClNO2/c1-3-4-7-11(13(17)18-2)16-10-8-5-6-9(15)12(10)14/h5-6,8,11,16H,3-4,7H2,1-2H3. The fourth-order valence-corrected chi connectivity index (χ4v) is 2.16. The molecule has 0 saturated heterocycles. The Morgan fingerprint density at radius 2 is 2.28 bits per heavy atom. The summed E-state index contributed by atoms with van der Waals surface area (Å²) < 4.78 is 5.56. The average molecular weight is 335 g/mol. The molecule has 1 aromatic carbocycles. The van der Waals surface area contributed by atoms with E-state index in [0.717, 1.165) is 29.4 Å². The molecule has 18 heavy (non-hydrogen) atoms. The van der Waals surface area contributed by atoms with Crippen LogP contribution in [0.15, 0.2) is 22.7 Å². The van der Waals surface area contributed by atoms with Crippen molar-refractivity contribution in [2.24, 2.45) is 0 Å². The van der Waals surface area contributed by atoms with Crippen LogP contribution in [0.5, 0.6) is 0 Å². The molecular formula is C13H17BrClNO2. The molecule has 1 aromatic rings. The topological polar surface area (TPSA) is 38.3 Å². The summed E-state index contributed by atoms with van der Waals surface area (Å²) in [6.45, 7) is 2.09. The molecule has 0 saturated carbocycles. The van der Waals surface area contributed by atoms with Crippen LogP contribution in [-0.2, 0) is 9.53 Å². The number of carbonyl (C=O) groups is 1. The maximum Gasteiger partial charge on any atom is 0.328 e. The number of rotatable bonds is 6. The highest BCUT2D eigenvalue weighted by atomic mass is 79.9. The van der Waals surface area contributed by atoms with Crippen molar-refractivity contribution in [3.8, 4) is 0 Å². The first-order valence-corrected chi connectivity index (χ1v) is 7.05. The number of anilines is 1. The maximum atomic E-state index is 11.7. The van der Waals surface area contributed by atoms with Crippen LogP contribution in [0.3, 0.4) is 0 Å². The van der Waals surface area contributed by atoms with Crippen molar-refractivity contribution in [1.82, 2.24) is 0 Å². The normalized spacial score (nSPS) is 12.0. The number of methoxy groups -OCH3 is 1. The highest BCUT2D eigenvalue weighted by Gasteiger charge is 2.19. The summed E-state index contributed by atoms with van der Waals surface area (Å²) in [7, 11) is 1.40. The largest absolute Gasteiger partial charge is 0.467 e. The van der Waals surface area contributed by atoms with Crippen molar-refractivity contribution in [2.45, 2.75) is 32.2 Å². The lowest BCUT2D eigenvalue weighted by Gasteiger charge is -2.18. The number of nitrogens with one attached hydrogen (secondary N) is 1. The number of benzene rings is 1. The van der Waals surface area contributed by atoms with Gasteiger partial charge in [-0.05, 0) is 34.5 Å². The highest BCUT2D eigenvalue weighted by Crippen LogP contribution is 2.30. The van der Waals surface area contributed by atoms with Gasteiger partial charge in [0.15, 0.2) is 0 Å². The molecular weight excluding hydrogens is 318 g/mol. The van der Waals surface area contributed by atoms with Crippen molar-refractivity contribution >= 4 is 39.2 Å². The van der Waals surface area contributed by atoms with Crippen LogP contribution < -0.4 is 5.32 Å². The molecule has 1 atom stereocenters. The molecule has 0 aromatic heterocycles. The van der Waals surface area contributed by atoms with Gasteiger partial charge in [0.1, 0.15) is 6.04 Å². The predicted octanol–water partition coefficient (Wildman–Crippen LogP) is 4.25. The zero-order valence-electron chi connectivity index (χ0n) is 10.5. The molecule has 0 spiro atoms. The number of hydrogen-bond donors (Lipinski definition) is 1. The molecule has 0 aliphatic carbocycles. The minimum atomic E-state index is -0.343. The monoisotopic (exact) mass is 333 g/mol. The van der Waals surface area contributed by atoms with E-state index in [1.807, 2.05) is 12.1 Å². The van der Waals surface area contributed by atoms with Crippen molar-refractivity contribution in [3.05, 3.63) is 27.7 Å². The van der Waals surface area contributed by atoms with E-state index < -0.39 is 0 Å². The number of unbranched alkanes of at least 4 members (excludes halogenated alkanes) is 1. The SMILES string of the molecule is CCCCC(Nc1cccc(Cl)c1Br)C(=O)OC. The fourth-order valence-electron chi connectivity index (χ4n) is 1.60. The first-order valence-electron chi connectivity index (χ1n) is 5.88. The number of carbonyl (C=O) groups excluding carboxylic acids is 1. The van der Waals surface area contributed by atoms with Crippen LogP contribution in [0.4, 0.5) is 5.69 Å². The van der Waals surface area contributed by atoms with E-state index in [-0.39, 0.29) is 12.0 Å². The second-order valence-electron chi connectivity index (χ2n) is 3.96. The van der Waals surface area contributed by atoms with Crippen molar-refractivity contribution in [2.75, 3.05) is 12.4 Å². The first kappa shape index (κ1) is 15.3. The van der Waals surface area contributed by atoms with E-state index in [0.29, 0.717) is 5.02 Å². The van der Waals surface area contributed by atoms with Gasteiger partial charge in [0.05, 0.1) is 22.3 Å². The molecule has 0 heterocycles. The molecule has 0 aliphatic heterocycles. The van der Waals surface area contributed by atoms with Gasteiger partial charge in [-0.3, -0.25) is 0 Å². The molecule has 0 radical (unpaired) electrons. The summed E-state index contributed by atoms with van der Waals surface area (Å²) in [5.41, 5.74) is 0.800. The van der Waals surface area contributed by atoms with Gasteiger partial charge in [-0.25, -0.2) is 4.79 Å². The lowest BCUT2D eigenvalue weighted by Crippen LogP contribution is -2.30. The Morgan fingerprint density at radius 3 is 2.89 bits per heavy atom. The Hall–Kier alpha value is -0.740. The van der Waals surface area contributed by atoms with Gasteiger partial charge in [0.25, 0.3) is 0 Å². The molecule has 1 N–H and O–H groups in total. The van der Waals surface area contributed by atoms with E-state index in [2.05, 4.69) is 28.2 Å². The predicted molar refractivity (Wildman–Crippen MR) is 78.1 cm³/mol. The number of esters is 1. The van der Waals surface area contributed by atoms with Gasteiger partial charge in [-0.15, -0.1) is 0 Å². The summed E-state index contributed by atoms with van der Waals surface area (Å²) in [5.74, 6) is -0.254. The van der Waals surface area contributed by atoms with E-state index >= 15 is 0 Å². The Balaban J connectivity index is 2.81. The summed E-state index contributed by atoms with van der Waals surface area (Å²) in [6, 6.07) is 5.15. The van der Waals surface area contributed by atoms with E-state index in [1.165, 1.54) is 7.11 Å². The Morgan fingerprint density at radius 1 is 1.56 bits per heavy atom. The third kappa shape index (κ3) is 4.18. The molecule has 0 amide bonds. The maximum absolute atomic E-state index is 11.7. The highest BCUT2D eigenvalue weighted by molar-refractivity contribution is 9.10. The van der Waals surface area contributed by atoms with E-state index in [9.17, 15) is 4.79 Å². The molecule has 5 heteroatoms. The van der Waals surface area contributed by atoms with E-state index in [4.69, 9.17) is 16.3 Å². The number of hydrogen-bond acceptors (Lipinski definition) is 3. The summed E-state index contributed by atoms with van der Waals surface area (Å²) in [5, 5.41) is 3.78. The molecule has 3 nitrogen and oxygen atoms in total. The molecule has 100 valence electrons. The minimum absolute atomic E-state index is 0.254. The zero-order chi connectivity index (χ0) is 13.5. The van der Waals surface area contributed by atoms with Crippen LogP contribution >= 0.6 is 27.5 Å². The van der Waals surface area contributed by atoms with Gasteiger partial charge < -0.3 is 10.1 Å². The zero-order valence-corrected chi connectivity index (χ0v) is 12.8. The van der Waals surface area contributed by atoms with Crippen LogP contribution in [0.1, 0.15) is 26.2 Å². The third-order valence-corrected chi connectivity index (χ3v) is 4.01. The Kier molecular flexibility index (Phi) is 6.50. The van der Waals surface area contributed by atoms with Gasteiger partial charge in [0, 0.05) is 0 Å². The Labute approximate surface area is 121 Å². The van der Waals surface area contributed by atoms with Gasteiger partial charge in [0.2, 0.25) is 0 Å². The third-order valence-electron chi connectivity index (χ3n) is 2.61. The van der Waals surface area contributed by atoms with Crippen LogP contribution in [0.25, 0.3) is 0 Å². The first-order chi connectivity index (χ1) is 8.60. The van der Waals surface area contributed by atoms with Crippen molar-refractivity contribution in [3.63, 3.8) is 0 Å². The second-order valence-corrected chi connectivity index (χ2v) is 5.16.